The largest absolute Gasteiger partial charge is 3.00 e. The summed E-state index contributed by atoms with van der Waals surface area (Å²) in [5.74, 6) is -2.75. The third kappa shape index (κ3) is 65.8. The zero-order chi connectivity index (χ0) is 36.2. The molecule has 0 fully saturated rings. The van der Waals surface area contributed by atoms with E-state index in [1.807, 2.05) is 0 Å². The summed E-state index contributed by atoms with van der Waals surface area (Å²) in [5, 5.41) is 30.4. The molecule has 0 amide bonds. The molecule has 0 atom stereocenters. The van der Waals surface area contributed by atoms with Gasteiger partial charge in [-0.1, -0.05) is 154 Å². The topological polar surface area (TPSA) is 120 Å². The van der Waals surface area contributed by atoms with Crippen LogP contribution in [0.5, 0.6) is 0 Å². The molecule has 0 aromatic carbocycles. The summed E-state index contributed by atoms with van der Waals surface area (Å²) < 4.78 is 0. The Kier molecular flexibility index (Phi) is 57.2. The molecule has 6 nitrogen and oxygen atoms in total. The Morgan fingerprint density at radius 2 is 0.510 bits per heavy atom. The van der Waals surface area contributed by atoms with Crippen LogP contribution in [-0.2, 0) is 14.4 Å². The Morgan fingerprint density at radius 3 is 0.714 bits per heavy atom. The van der Waals surface area contributed by atoms with Gasteiger partial charge in [-0.3, -0.25) is 0 Å². The maximum atomic E-state index is 10.1. The van der Waals surface area contributed by atoms with Gasteiger partial charge in [-0.05, 0) is 96.3 Å². The predicted molar refractivity (Wildman–Crippen MR) is 198 cm³/mol. The fourth-order valence-electron chi connectivity index (χ4n) is 4.86. The monoisotopic (exact) mass is 841 g/mol. The number of rotatable bonds is 33. The van der Waals surface area contributed by atoms with Gasteiger partial charge in [0.1, 0.15) is 0 Å². The van der Waals surface area contributed by atoms with Crippen molar-refractivity contribution in [1.29, 1.82) is 0 Å². The standard InChI is InChI=1S/3C14H26O2.Er/c3*1-2-3-4-5-6-7-8-9-10-11-12-13-14(15)16;/h3*5-6H,2-4,7-13H2,1H3,(H,15,16);/q;;;+3/p-3/b3*6-5-;. The van der Waals surface area contributed by atoms with E-state index >= 15 is 0 Å². The maximum Gasteiger partial charge on any atom is 3.00 e. The van der Waals surface area contributed by atoms with Gasteiger partial charge in [-0.15, -0.1) is 0 Å². The van der Waals surface area contributed by atoms with Crippen molar-refractivity contribution in [3.63, 3.8) is 0 Å². The SMILES string of the molecule is CCCC/C=C\CCCCCCCC(=O)[O-].CCCC/C=C\CCCCCCCC(=O)[O-].CCCC/C=C\CCCCCCCC(=O)[O-].[Er+3]. The van der Waals surface area contributed by atoms with E-state index in [1.165, 1.54) is 116 Å². The maximum absolute atomic E-state index is 10.1. The van der Waals surface area contributed by atoms with Crippen molar-refractivity contribution < 1.29 is 67.0 Å². The van der Waals surface area contributed by atoms with Gasteiger partial charge in [0, 0.05) is 17.9 Å². The second kappa shape index (κ2) is 51.2. The first-order chi connectivity index (χ1) is 23.3. The van der Waals surface area contributed by atoms with Gasteiger partial charge in [0.05, 0.1) is 0 Å². The summed E-state index contributed by atoms with van der Waals surface area (Å²) in [6.07, 6.45) is 45.3. The number of hydrogen-bond acceptors (Lipinski definition) is 6. The van der Waals surface area contributed by atoms with Crippen molar-refractivity contribution in [2.75, 3.05) is 0 Å². The van der Waals surface area contributed by atoms with Crippen LogP contribution in [0.15, 0.2) is 36.5 Å². The fourth-order valence-corrected chi connectivity index (χ4v) is 4.86. The van der Waals surface area contributed by atoms with E-state index in [-0.39, 0.29) is 56.6 Å². The molecular weight excluding hydrogens is 768 g/mol. The molecule has 49 heavy (non-hydrogen) atoms. The average Bonchev–Trinajstić information content (AvgIpc) is 3.05. The number of hydrogen-bond donors (Lipinski definition) is 0. The van der Waals surface area contributed by atoms with Crippen molar-refractivity contribution in [3.05, 3.63) is 36.5 Å². The molecule has 0 aromatic rings. The van der Waals surface area contributed by atoms with E-state index in [0.717, 1.165) is 57.8 Å². The molecule has 0 unspecified atom stereocenters. The third-order valence-electron chi connectivity index (χ3n) is 7.93. The minimum absolute atomic E-state index is 0. The van der Waals surface area contributed by atoms with Crippen LogP contribution >= 0.6 is 0 Å². The van der Waals surface area contributed by atoms with Gasteiger partial charge in [0.15, 0.2) is 0 Å². The second-order valence-corrected chi connectivity index (χ2v) is 12.9. The molecule has 0 spiro atoms. The predicted octanol–water partition coefficient (Wildman–Crippen LogP) is 9.64. The van der Waals surface area contributed by atoms with Crippen molar-refractivity contribution >= 4 is 17.9 Å². The zero-order valence-corrected chi connectivity index (χ0v) is 33.8. The summed E-state index contributed by atoms with van der Waals surface area (Å²) in [7, 11) is 0. The van der Waals surface area contributed by atoms with Crippen LogP contribution in [0.2, 0.25) is 0 Å². The molecule has 0 rings (SSSR count). The van der Waals surface area contributed by atoms with Gasteiger partial charge in [0.2, 0.25) is 0 Å². The Labute approximate surface area is 332 Å². The number of carboxylic acid groups (broad SMARTS) is 3. The second-order valence-electron chi connectivity index (χ2n) is 12.9. The molecule has 0 saturated heterocycles. The number of allylic oxidation sites excluding steroid dienone is 6. The first kappa shape index (κ1) is 54.6. The van der Waals surface area contributed by atoms with Crippen LogP contribution in [0, 0.1) is 37.3 Å². The number of carboxylic acids is 3. The van der Waals surface area contributed by atoms with Gasteiger partial charge in [-0.2, -0.15) is 0 Å². The van der Waals surface area contributed by atoms with E-state index in [1.54, 1.807) is 0 Å². The van der Waals surface area contributed by atoms with Crippen LogP contribution in [-0.4, -0.2) is 17.9 Å². The van der Waals surface area contributed by atoms with Gasteiger partial charge in [-0.25, -0.2) is 0 Å². The molecule has 1 radical (unpaired) electrons. The molecule has 291 valence electrons. The molecule has 0 aliphatic carbocycles. The normalized spacial score (nSPS) is 10.8. The van der Waals surface area contributed by atoms with Crippen molar-refractivity contribution in [3.8, 4) is 0 Å². The summed E-state index contributed by atoms with van der Waals surface area (Å²) in [5.41, 5.74) is 0. The quantitative estimate of drug-likeness (QED) is 0.0480. The van der Waals surface area contributed by atoms with E-state index < -0.39 is 17.9 Å². The van der Waals surface area contributed by atoms with Gasteiger partial charge < -0.3 is 29.7 Å². The molecule has 0 aliphatic rings. The summed E-state index contributed by atoms with van der Waals surface area (Å²) >= 11 is 0. The average molecular weight is 843 g/mol. The van der Waals surface area contributed by atoms with E-state index in [9.17, 15) is 29.7 Å². The molecular formula is C42H75ErO6. The molecule has 0 aliphatic heterocycles. The van der Waals surface area contributed by atoms with Crippen LogP contribution in [0.25, 0.3) is 0 Å². The smallest absolute Gasteiger partial charge is 0.550 e. The molecule has 0 heterocycles. The fraction of sp³-hybridized carbons (Fsp3) is 0.786. The molecule has 0 aromatic heterocycles. The Bertz CT molecular complexity index is 662. The van der Waals surface area contributed by atoms with E-state index in [0.29, 0.717) is 0 Å². The van der Waals surface area contributed by atoms with Crippen molar-refractivity contribution in [1.82, 2.24) is 0 Å². The third-order valence-corrected chi connectivity index (χ3v) is 7.93. The Balaban J connectivity index is -0.000000307. The number of aliphatic carboxylic acids is 3. The van der Waals surface area contributed by atoms with E-state index in [4.69, 9.17) is 0 Å². The summed E-state index contributed by atoms with van der Waals surface area (Å²) in [4.78, 5) is 30.4. The number of unbranched alkanes of at least 4 members (excludes halogenated alkanes) is 21. The Morgan fingerprint density at radius 1 is 0.327 bits per heavy atom. The molecule has 7 heteroatoms. The van der Waals surface area contributed by atoms with Gasteiger partial charge in [0.25, 0.3) is 0 Å². The van der Waals surface area contributed by atoms with Crippen LogP contribution in [0.3, 0.4) is 0 Å². The number of carbonyl (C=O) groups excluding carboxylic acids is 3. The Hall–Kier alpha value is -1.12. The molecule has 0 N–H and O–H groups in total. The molecule has 0 bridgehead atoms. The van der Waals surface area contributed by atoms with Crippen molar-refractivity contribution in [2.24, 2.45) is 0 Å². The number of carbonyl (C=O) groups is 3. The first-order valence-corrected chi connectivity index (χ1v) is 19.9. The minimum Gasteiger partial charge on any atom is -0.550 e. The first-order valence-electron chi connectivity index (χ1n) is 19.9. The molecule has 0 saturated carbocycles. The van der Waals surface area contributed by atoms with Crippen LogP contribution in [0.1, 0.15) is 213 Å². The summed E-state index contributed by atoms with van der Waals surface area (Å²) in [6, 6.07) is 0. The van der Waals surface area contributed by atoms with Gasteiger partial charge >= 0.3 is 37.3 Å². The zero-order valence-electron chi connectivity index (χ0n) is 31.9. The minimum atomic E-state index is -0.918. The summed E-state index contributed by atoms with van der Waals surface area (Å²) in [6.45, 7) is 6.63. The van der Waals surface area contributed by atoms with E-state index in [2.05, 4.69) is 57.2 Å². The van der Waals surface area contributed by atoms with Crippen molar-refractivity contribution in [2.45, 2.75) is 213 Å². The van der Waals surface area contributed by atoms with Crippen LogP contribution < -0.4 is 15.3 Å². The van der Waals surface area contributed by atoms with Crippen LogP contribution in [0.4, 0.5) is 0 Å².